The van der Waals surface area contributed by atoms with Crippen molar-refractivity contribution in [3.05, 3.63) is 23.3 Å². The monoisotopic (exact) mass is 190 g/mol. The fraction of sp³-hybridized carbons (Fsp3) is 0.455. The molecule has 1 amide bonds. The van der Waals surface area contributed by atoms with Crippen LogP contribution in [0, 0.1) is 11.3 Å². The van der Waals surface area contributed by atoms with Crippen LogP contribution in [0.4, 0.5) is 0 Å². The fourth-order valence-corrected chi connectivity index (χ4v) is 1.61. The Kier molecular flexibility index (Phi) is 3.93. The maximum atomic E-state index is 11.0. The number of nitrogens with two attached hydrogens (primary N) is 1. The van der Waals surface area contributed by atoms with Crippen molar-refractivity contribution in [1.82, 2.24) is 0 Å². The van der Waals surface area contributed by atoms with Crippen LogP contribution < -0.4 is 5.73 Å². The van der Waals surface area contributed by atoms with Crippen LogP contribution in [0.15, 0.2) is 23.3 Å². The lowest BCUT2D eigenvalue weighted by Gasteiger charge is -2.09. The molecule has 0 spiro atoms. The largest absolute Gasteiger partial charge is 0.365 e. The molecule has 1 rings (SSSR count). The third kappa shape index (κ3) is 2.74. The first kappa shape index (κ1) is 10.5. The van der Waals surface area contributed by atoms with Crippen LogP contribution in [0.3, 0.4) is 0 Å². The molecule has 3 heteroatoms. The smallest absolute Gasteiger partial charge is 0.259 e. The van der Waals surface area contributed by atoms with Crippen molar-refractivity contribution in [1.29, 1.82) is 5.26 Å². The summed E-state index contributed by atoms with van der Waals surface area (Å²) in [6.45, 7) is 0. The molecule has 0 saturated carbocycles. The van der Waals surface area contributed by atoms with Crippen LogP contribution in [0.5, 0.6) is 0 Å². The molecule has 2 N–H and O–H groups in total. The van der Waals surface area contributed by atoms with E-state index >= 15 is 0 Å². The highest BCUT2D eigenvalue weighted by molar-refractivity contribution is 5.96. The SMILES string of the molecule is N#C/C(C(N)=O)=C1/CC/C=C\CCC1. The molecule has 1 aliphatic rings. The van der Waals surface area contributed by atoms with E-state index in [2.05, 4.69) is 12.2 Å². The lowest BCUT2D eigenvalue weighted by molar-refractivity contribution is -0.114. The summed E-state index contributed by atoms with van der Waals surface area (Å²) in [4.78, 5) is 11.0. The Labute approximate surface area is 83.9 Å². The highest BCUT2D eigenvalue weighted by Crippen LogP contribution is 2.20. The fourth-order valence-electron chi connectivity index (χ4n) is 1.61. The molecule has 0 aromatic heterocycles. The van der Waals surface area contributed by atoms with Gasteiger partial charge in [0.05, 0.1) is 0 Å². The van der Waals surface area contributed by atoms with Crippen LogP contribution in [0.25, 0.3) is 0 Å². The number of primary amides is 1. The van der Waals surface area contributed by atoms with Crippen LogP contribution in [0.1, 0.15) is 32.1 Å². The Morgan fingerprint density at radius 3 is 2.71 bits per heavy atom. The molecule has 74 valence electrons. The number of amides is 1. The molecular weight excluding hydrogens is 176 g/mol. The minimum atomic E-state index is -0.591. The minimum absolute atomic E-state index is 0.167. The predicted molar refractivity (Wildman–Crippen MR) is 54.1 cm³/mol. The molecule has 0 saturated heterocycles. The van der Waals surface area contributed by atoms with E-state index in [1.807, 2.05) is 6.07 Å². The highest BCUT2D eigenvalue weighted by Gasteiger charge is 2.11. The zero-order chi connectivity index (χ0) is 10.4. The van der Waals surface area contributed by atoms with Crippen molar-refractivity contribution in [2.24, 2.45) is 5.73 Å². The summed E-state index contributed by atoms with van der Waals surface area (Å²) in [5, 5.41) is 8.78. The number of rotatable bonds is 1. The molecule has 0 aliphatic heterocycles. The van der Waals surface area contributed by atoms with Crippen molar-refractivity contribution in [2.75, 3.05) is 0 Å². The summed E-state index contributed by atoms with van der Waals surface area (Å²) in [7, 11) is 0. The van der Waals surface area contributed by atoms with Crippen LogP contribution >= 0.6 is 0 Å². The van der Waals surface area contributed by atoms with Crippen molar-refractivity contribution >= 4 is 5.91 Å². The van der Waals surface area contributed by atoms with Gasteiger partial charge in [-0.2, -0.15) is 5.26 Å². The Bertz CT molecular complexity index is 321. The second-order valence-electron chi connectivity index (χ2n) is 3.36. The minimum Gasteiger partial charge on any atom is -0.365 e. The standard InChI is InChI=1S/C11H14N2O/c12-8-10(11(13)14)9-6-4-2-1-3-5-7-9/h1-2H,3-7H2,(H2,13,14)/b2-1-,10-9+. The molecular formula is C11H14N2O. The Hall–Kier alpha value is -1.56. The molecule has 0 aromatic rings. The molecule has 0 atom stereocenters. The normalized spacial score (nSPS) is 22.8. The average Bonchev–Trinajstić information content (AvgIpc) is 2.08. The van der Waals surface area contributed by atoms with Crippen molar-refractivity contribution in [2.45, 2.75) is 32.1 Å². The average molecular weight is 190 g/mol. The van der Waals surface area contributed by atoms with Crippen LogP contribution in [-0.2, 0) is 4.79 Å². The van der Waals surface area contributed by atoms with Crippen molar-refractivity contribution < 1.29 is 4.79 Å². The lowest BCUT2D eigenvalue weighted by atomic mass is 9.95. The van der Waals surface area contributed by atoms with Gasteiger partial charge in [-0.15, -0.1) is 0 Å². The van der Waals surface area contributed by atoms with E-state index in [0.29, 0.717) is 0 Å². The van der Waals surface area contributed by atoms with Crippen molar-refractivity contribution in [3.8, 4) is 6.07 Å². The van der Waals surface area contributed by atoms with Gasteiger partial charge in [-0.25, -0.2) is 0 Å². The second kappa shape index (κ2) is 5.23. The number of allylic oxidation sites excluding steroid dienone is 3. The van der Waals surface area contributed by atoms with Crippen LogP contribution in [0.2, 0.25) is 0 Å². The van der Waals surface area contributed by atoms with E-state index in [4.69, 9.17) is 11.0 Å². The summed E-state index contributed by atoms with van der Waals surface area (Å²) in [5.74, 6) is -0.591. The van der Waals surface area contributed by atoms with Gasteiger partial charge in [0.2, 0.25) is 0 Å². The highest BCUT2D eigenvalue weighted by atomic mass is 16.1. The summed E-state index contributed by atoms with van der Waals surface area (Å²) in [6.07, 6.45) is 8.74. The Morgan fingerprint density at radius 2 is 2.07 bits per heavy atom. The van der Waals surface area contributed by atoms with E-state index in [-0.39, 0.29) is 5.57 Å². The van der Waals surface area contributed by atoms with Gasteiger partial charge in [0.25, 0.3) is 5.91 Å². The van der Waals surface area contributed by atoms with Gasteiger partial charge in [-0.1, -0.05) is 12.2 Å². The predicted octanol–water partition coefficient (Wildman–Crippen LogP) is 1.81. The third-order valence-electron chi connectivity index (χ3n) is 2.34. The number of nitriles is 1. The maximum Gasteiger partial charge on any atom is 0.259 e. The zero-order valence-electron chi connectivity index (χ0n) is 8.12. The maximum absolute atomic E-state index is 11.0. The van der Waals surface area contributed by atoms with Gasteiger partial charge in [-0.05, 0) is 37.7 Å². The molecule has 0 unspecified atom stereocenters. The Morgan fingerprint density at radius 1 is 1.36 bits per heavy atom. The number of hydrogen-bond acceptors (Lipinski definition) is 2. The summed E-state index contributed by atoms with van der Waals surface area (Å²) in [6, 6.07) is 1.90. The quantitative estimate of drug-likeness (QED) is 0.389. The first-order valence-electron chi connectivity index (χ1n) is 4.82. The lowest BCUT2D eigenvalue weighted by Crippen LogP contribution is -2.15. The topological polar surface area (TPSA) is 66.9 Å². The number of nitrogens with zero attached hydrogens (tertiary/aromatic N) is 1. The van der Waals surface area contributed by atoms with E-state index in [9.17, 15) is 4.79 Å². The molecule has 1 aliphatic carbocycles. The van der Waals surface area contributed by atoms with E-state index < -0.39 is 5.91 Å². The second-order valence-corrected chi connectivity index (χ2v) is 3.36. The first-order valence-corrected chi connectivity index (χ1v) is 4.82. The first-order chi connectivity index (χ1) is 6.75. The molecule has 3 nitrogen and oxygen atoms in total. The van der Waals surface area contributed by atoms with Gasteiger partial charge in [0, 0.05) is 0 Å². The number of carbonyl (C=O) groups is 1. The van der Waals surface area contributed by atoms with E-state index in [0.717, 1.165) is 37.7 Å². The van der Waals surface area contributed by atoms with Gasteiger partial charge in [0.15, 0.2) is 0 Å². The van der Waals surface area contributed by atoms with Gasteiger partial charge >= 0.3 is 0 Å². The number of hydrogen-bond donors (Lipinski definition) is 1. The number of carbonyl (C=O) groups excluding carboxylic acids is 1. The van der Waals surface area contributed by atoms with Gasteiger partial charge in [-0.3, -0.25) is 4.79 Å². The van der Waals surface area contributed by atoms with E-state index in [1.165, 1.54) is 0 Å². The van der Waals surface area contributed by atoms with Crippen molar-refractivity contribution in [3.63, 3.8) is 0 Å². The summed E-state index contributed by atoms with van der Waals surface area (Å²) >= 11 is 0. The summed E-state index contributed by atoms with van der Waals surface area (Å²) < 4.78 is 0. The molecule has 0 aromatic carbocycles. The summed E-state index contributed by atoms with van der Waals surface area (Å²) in [5.41, 5.74) is 6.22. The molecule has 0 bridgehead atoms. The van der Waals surface area contributed by atoms with Gasteiger partial charge < -0.3 is 5.73 Å². The van der Waals surface area contributed by atoms with Crippen LogP contribution in [-0.4, -0.2) is 5.91 Å². The van der Waals surface area contributed by atoms with Gasteiger partial charge in [0.1, 0.15) is 11.6 Å². The molecule has 0 radical (unpaired) electrons. The molecule has 0 fully saturated rings. The molecule has 0 heterocycles. The Balaban J connectivity index is 2.87. The third-order valence-corrected chi connectivity index (χ3v) is 2.34. The van der Waals surface area contributed by atoms with E-state index in [1.54, 1.807) is 0 Å². The molecule has 14 heavy (non-hydrogen) atoms. The zero-order valence-corrected chi connectivity index (χ0v) is 8.12.